The van der Waals surface area contributed by atoms with E-state index in [0.717, 1.165) is 11.3 Å². The highest BCUT2D eigenvalue weighted by atomic mass is 35.5. The Bertz CT molecular complexity index is 470. The van der Waals surface area contributed by atoms with Crippen LogP contribution < -0.4 is 0 Å². The predicted octanol–water partition coefficient (Wildman–Crippen LogP) is 1.19. The molecule has 0 radical (unpaired) electrons. The largest absolute Gasteiger partial charge is 0.394 e. The molecule has 1 aliphatic heterocycles. The second-order valence-electron chi connectivity index (χ2n) is 4.67. The first-order valence-electron chi connectivity index (χ1n) is 6.18. The summed E-state index contributed by atoms with van der Waals surface area (Å²) in [6, 6.07) is 1.84. The van der Waals surface area contributed by atoms with Gasteiger partial charge in [0.05, 0.1) is 24.9 Å². The number of rotatable bonds is 2. The Morgan fingerprint density at radius 1 is 1.63 bits per heavy atom. The zero-order chi connectivity index (χ0) is 14.0. The third kappa shape index (κ3) is 3.05. The number of morpholine rings is 1. The van der Waals surface area contributed by atoms with Crippen LogP contribution in [0, 0.1) is 13.8 Å². The van der Waals surface area contributed by atoms with E-state index in [9.17, 15) is 4.79 Å². The van der Waals surface area contributed by atoms with Crippen molar-refractivity contribution in [3.63, 3.8) is 0 Å². The molecule has 2 heterocycles. The Balaban J connectivity index is 2.24. The number of nitrogens with zero attached hydrogens (tertiary/aromatic N) is 2. The molecule has 6 heteroatoms. The number of halogens is 1. The van der Waals surface area contributed by atoms with E-state index in [4.69, 9.17) is 21.4 Å². The van der Waals surface area contributed by atoms with Gasteiger partial charge < -0.3 is 14.7 Å². The van der Waals surface area contributed by atoms with Crippen LogP contribution in [0.5, 0.6) is 0 Å². The standard InChI is InChI=1S/C13H17ClN2O3/c1-8-5-9(2)15-12(14)11(8)13(18)16-3-4-19-10(6-16)7-17/h5,10,17H,3-4,6-7H2,1-2H3. The molecule has 19 heavy (non-hydrogen) atoms. The summed E-state index contributed by atoms with van der Waals surface area (Å²) < 4.78 is 5.33. The number of hydrogen-bond acceptors (Lipinski definition) is 4. The quantitative estimate of drug-likeness (QED) is 0.829. The van der Waals surface area contributed by atoms with E-state index in [1.165, 1.54) is 0 Å². The number of carbonyl (C=O) groups excluding carboxylic acids is 1. The molecule has 1 unspecified atom stereocenters. The molecule has 1 saturated heterocycles. The first kappa shape index (κ1) is 14.2. The summed E-state index contributed by atoms with van der Waals surface area (Å²) in [5, 5.41) is 9.34. The molecule has 1 amide bonds. The monoisotopic (exact) mass is 284 g/mol. The molecule has 1 aromatic rings. The van der Waals surface area contributed by atoms with E-state index in [2.05, 4.69) is 4.98 Å². The van der Waals surface area contributed by atoms with Crippen molar-refractivity contribution in [2.45, 2.75) is 20.0 Å². The molecular formula is C13H17ClN2O3. The molecule has 1 aromatic heterocycles. The normalized spacial score (nSPS) is 19.6. The molecule has 1 atom stereocenters. The first-order valence-corrected chi connectivity index (χ1v) is 6.56. The molecule has 0 aliphatic carbocycles. The average Bonchev–Trinajstić information content (AvgIpc) is 2.37. The summed E-state index contributed by atoms with van der Waals surface area (Å²) in [5.41, 5.74) is 2.04. The van der Waals surface area contributed by atoms with Crippen LogP contribution in [0.2, 0.25) is 5.15 Å². The van der Waals surface area contributed by atoms with Gasteiger partial charge in [0, 0.05) is 18.8 Å². The average molecular weight is 285 g/mol. The van der Waals surface area contributed by atoms with Crippen LogP contribution in [0.25, 0.3) is 0 Å². The van der Waals surface area contributed by atoms with E-state index < -0.39 is 0 Å². The highest BCUT2D eigenvalue weighted by molar-refractivity contribution is 6.32. The summed E-state index contributed by atoms with van der Waals surface area (Å²) in [6.07, 6.45) is -0.324. The maximum Gasteiger partial charge on any atom is 0.257 e. The lowest BCUT2D eigenvalue weighted by atomic mass is 10.1. The van der Waals surface area contributed by atoms with E-state index in [-0.39, 0.29) is 23.8 Å². The van der Waals surface area contributed by atoms with Gasteiger partial charge >= 0.3 is 0 Å². The van der Waals surface area contributed by atoms with Crippen molar-refractivity contribution in [2.24, 2.45) is 0 Å². The number of pyridine rings is 1. The molecule has 0 saturated carbocycles. The van der Waals surface area contributed by atoms with Crippen molar-refractivity contribution in [1.82, 2.24) is 9.88 Å². The van der Waals surface area contributed by atoms with E-state index in [1.807, 2.05) is 19.9 Å². The highest BCUT2D eigenvalue weighted by Crippen LogP contribution is 2.21. The van der Waals surface area contributed by atoms with Crippen molar-refractivity contribution in [2.75, 3.05) is 26.3 Å². The zero-order valence-electron chi connectivity index (χ0n) is 11.0. The van der Waals surface area contributed by atoms with Gasteiger partial charge in [0.1, 0.15) is 5.15 Å². The van der Waals surface area contributed by atoms with Gasteiger partial charge in [-0.2, -0.15) is 0 Å². The third-order valence-electron chi connectivity index (χ3n) is 3.14. The van der Waals surface area contributed by atoms with Gasteiger partial charge in [-0.25, -0.2) is 4.98 Å². The second kappa shape index (κ2) is 5.86. The molecular weight excluding hydrogens is 268 g/mol. The van der Waals surface area contributed by atoms with Gasteiger partial charge in [-0.05, 0) is 25.5 Å². The third-order valence-corrected chi connectivity index (χ3v) is 3.42. The molecule has 104 valence electrons. The van der Waals surface area contributed by atoms with Crippen molar-refractivity contribution in [1.29, 1.82) is 0 Å². The van der Waals surface area contributed by atoms with Gasteiger partial charge in [0.15, 0.2) is 0 Å². The van der Waals surface area contributed by atoms with Crippen LogP contribution in [0.3, 0.4) is 0 Å². The van der Waals surface area contributed by atoms with Crippen LogP contribution in [-0.4, -0.2) is 53.3 Å². The number of amides is 1. The molecule has 1 N–H and O–H groups in total. The molecule has 0 spiro atoms. The fraction of sp³-hybridized carbons (Fsp3) is 0.538. The van der Waals surface area contributed by atoms with Gasteiger partial charge in [-0.1, -0.05) is 11.6 Å². The Morgan fingerprint density at radius 3 is 3.00 bits per heavy atom. The zero-order valence-corrected chi connectivity index (χ0v) is 11.8. The summed E-state index contributed by atoms with van der Waals surface area (Å²) >= 11 is 6.08. The number of ether oxygens (including phenoxy) is 1. The summed E-state index contributed by atoms with van der Waals surface area (Å²) in [4.78, 5) is 18.3. The van der Waals surface area contributed by atoms with E-state index >= 15 is 0 Å². The maximum absolute atomic E-state index is 12.5. The molecule has 0 bridgehead atoms. The molecule has 0 aromatic carbocycles. The van der Waals surface area contributed by atoms with Crippen LogP contribution >= 0.6 is 11.6 Å². The van der Waals surface area contributed by atoms with Crippen LogP contribution in [0.1, 0.15) is 21.6 Å². The van der Waals surface area contributed by atoms with Crippen molar-refractivity contribution in [3.05, 3.63) is 28.0 Å². The van der Waals surface area contributed by atoms with Crippen LogP contribution in [-0.2, 0) is 4.74 Å². The van der Waals surface area contributed by atoms with Crippen molar-refractivity contribution < 1.29 is 14.6 Å². The number of carbonyl (C=O) groups is 1. The topological polar surface area (TPSA) is 62.7 Å². The molecule has 2 rings (SSSR count). The minimum Gasteiger partial charge on any atom is -0.394 e. The van der Waals surface area contributed by atoms with Gasteiger partial charge in [0.2, 0.25) is 0 Å². The lowest BCUT2D eigenvalue weighted by molar-refractivity contribution is -0.0447. The number of aryl methyl sites for hydroxylation is 2. The first-order chi connectivity index (χ1) is 9.02. The summed E-state index contributed by atoms with van der Waals surface area (Å²) in [7, 11) is 0. The van der Waals surface area contributed by atoms with Gasteiger partial charge in [-0.3, -0.25) is 4.79 Å². The highest BCUT2D eigenvalue weighted by Gasteiger charge is 2.27. The number of hydrogen-bond donors (Lipinski definition) is 1. The fourth-order valence-corrected chi connectivity index (χ4v) is 2.58. The minimum absolute atomic E-state index is 0.0946. The lowest BCUT2D eigenvalue weighted by Gasteiger charge is -2.32. The number of aliphatic hydroxyl groups is 1. The lowest BCUT2D eigenvalue weighted by Crippen LogP contribution is -2.47. The van der Waals surface area contributed by atoms with Crippen LogP contribution in [0.15, 0.2) is 6.07 Å². The maximum atomic E-state index is 12.5. The Hall–Kier alpha value is -1.17. The van der Waals surface area contributed by atoms with Gasteiger partial charge in [0.25, 0.3) is 5.91 Å². The summed E-state index contributed by atoms with van der Waals surface area (Å²) in [6.45, 7) is 4.88. The number of aromatic nitrogens is 1. The van der Waals surface area contributed by atoms with Crippen molar-refractivity contribution >= 4 is 17.5 Å². The van der Waals surface area contributed by atoms with E-state index in [0.29, 0.717) is 25.3 Å². The second-order valence-corrected chi connectivity index (χ2v) is 5.03. The SMILES string of the molecule is Cc1cc(C)c(C(=O)N2CCOC(CO)C2)c(Cl)n1. The molecule has 1 fully saturated rings. The molecule has 5 nitrogen and oxygen atoms in total. The minimum atomic E-state index is -0.324. The van der Waals surface area contributed by atoms with Crippen molar-refractivity contribution in [3.8, 4) is 0 Å². The van der Waals surface area contributed by atoms with E-state index in [1.54, 1.807) is 4.90 Å². The predicted molar refractivity (Wildman–Crippen MR) is 71.5 cm³/mol. The smallest absolute Gasteiger partial charge is 0.257 e. The van der Waals surface area contributed by atoms with Crippen LogP contribution in [0.4, 0.5) is 0 Å². The Morgan fingerprint density at radius 2 is 2.37 bits per heavy atom. The fourth-order valence-electron chi connectivity index (χ4n) is 2.22. The number of aliphatic hydroxyl groups excluding tert-OH is 1. The summed E-state index contributed by atoms with van der Waals surface area (Å²) in [5.74, 6) is -0.156. The Kier molecular flexibility index (Phi) is 4.39. The Labute approximate surface area is 117 Å². The van der Waals surface area contributed by atoms with Gasteiger partial charge in [-0.15, -0.1) is 0 Å². The molecule has 1 aliphatic rings.